The fourth-order valence-electron chi connectivity index (χ4n) is 7.16. The summed E-state index contributed by atoms with van der Waals surface area (Å²) in [5.41, 5.74) is 14.0. The second kappa shape index (κ2) is 16.3. The van der Waals surface area contributed by atoms with Gasteiger partial charge in [-0.2, -0.15) is 10.2 Å². The van der Waals surface area contributed by atoms with Crippen molar-refractivity contribution in [2.45, 2.75) is 64.1 Å². The van der Waals surface area contributed by atoms with Crippen LogP contribution >= 0.6 is 55.4 Å². The molecular formula is C42H46Br2N8S2. The number of hydrogen-bond donors (Lipinski definition) is 2. The number of fused-ring (bicyclic) bond motifs is 2. The molecule has 0 fully saturated rings. The number of aromatic nitrogens is 6. The molecule has 8 rings (SSSR count). The van der Waals surface area contributed by atoms with Gasteiger partial charge in [0, 0.05) is 70.2 Å². The summed E-state index contributed by atoms with van der Waals surface area (Å²) in [7, 11) is 4.02. The van der Waals surface area contributed by atoms with E-state index < -0.39 is 0 Å². The Kier molecular flexibility index (Phi) is 11.6. The minimum absolute atomic E-state index is 0.218. The molecule has 54 heavy (non-hydrogen) atoms. The van der Waals surface area contributed by atoms with Gasteiger partial charge in [0.05, 0.1) is 21.9 Å². The lowest BCUT2D eigenvalue weighted by Crippen LogP contribution is -2.18. The average molecular weight is 887 g/mol. The van der Waals surface area contributed by atoms with Crippen molar-refractivity contribution >= 4 is 67.0 Å². The number of aryl methyl sites for hydroxylation is 6. The number of nitrogens with zero attached hydrogens (tertiary/aromatic N) is 6. The van der Waals surface area contributed by atoms with Crippen molar-refractivity contribution in [1.82, 2.24) is 29.5 Å². The highest BCUT2D eigenvalue weighted by molar-refractivity contribution is 9.10. The first kappa shape index (κ1) is 38.7. The third-order valence-corrected chi connectivity index (χ3v) is 14.7. The third-order valence-electron chi connectivity index (χ3n) is 9.96. The molecule has 6 aromatic rings. The highest BCUT2D eigenvalue weighted by Crippen LogP contribution is 2.49. The van der Waals surface area contributed by atoms with Crippen LogP contribution in [-0.4, -0.2) is 53.1 Å². The Morgan fingerprint density at radius 3 is 1.39 bits per heavy atom. The van der Waals surface area contributed by atoms with Crippen LogP contribution in [0.2, 0.25) is 0 Å². The Balaban J connectivity index is 0.000000167. The van der Waals surface area contributed by atoms with Gasteiger partial charge in [-0.1, -0.05) is 56.1 Å². The van der Waals surface area contributed by atoms with Crippen molar-refractivity contribution in [1.29, 1.82) is 0 Å². The Morgan fingerprint density at radius 1 is 0.611 bits per heavy atom. The lowest BCUT2D eigenvalue weighted by Gasteiger charge is -2.20. The number of anilines is 2. The van der Waals surface area contributed by atoms with Crippen LogP contribution in [-0.2, 0) is 14.1 Å². The van der Waals surface area contributed by atoms with Gasteiger partial charge in [0.1, 0.15) is 23.0 Å². The zero-order valence-electron chi connectivity index (χ0n) is 31.9. The van der Waals surface area contributed by atoms with Crippen molar-refractivity contribution in [3.8, 4) is 22.8 Å². The zero-order chi connectivity index (χ0) is 38.3. The Hall–Kier alpha value is -3.58. The van der Waals surface area contributed by atoms with Crippen LogP contribution in [0, 0.1) is 27.7 Å². The number of rotatable bonds is 4. The summed E-state index contributed by atoms with van der Waals surface area (Å²) in [6.07, 6.45) is 3.67. The van der Waals surface area contributed by atoms with E-state index in [1.807, 2.05) is 95.8 Å². The number of pyridine rings is 2. The second-order valence-corrected chi connectivity index (χ2v) is 18.3. The van der Waals surface area contributed by atoms with Crippen LogP contribution < -0.4 is 10.6 Å². The van der Waals surface area contributed by atoms with E-state index in [9.17, 15) is 0 Å². The van der Waals surface area contributed by atoms with E-state index in [1.165, 1.54) is 44.5 Å². The molecule has 0 bridgehead atoms. The lowest BCUT2D eigenvalue weighted by atomic mass is 9.96. The SMILES string of the molecule is Cc1cc([C@@H]2SC[C@@H](C)Nc3c2c(-c2ccccn2)nn3C)c(C)cc1Br.Cc1cc([C@@H]2SC[C@H](C)Nc3c2c(-c2ccccn2)nn3C)c(C)cc1Br. The van der Waals surface area contributed by atoms with Crippen molar-refractivity contribution in [3.05, 3.63) is 127 Å². The maximum atomic E-state index is 4.85. The van der Waals surface area contributed by atoms with Crippen molar-refractivity contribution in [3.63, 3.8) is 0 Å². The summed E-state index contributed by atoms with van der Waals surface area (Å²) in [5.74, 6) is 4.27. The summed E-state index contributed by atoms with van der Waals surface area (Å²) in [4.78, 5) is 9.16. The summed E-state index contributed by atoms with van der Waals surface area (Å²) in [6, 6.07) is 21.8. The van der Waals surface area contributed by atoms with Gasteiger partial charge in [-0.3, -0.25) is 19.3 Å². The Bertz CT molecular complexity index is 2130. The average Bonchev–Trinajstić information content (AvgIpc) is 3.49. The molecule has 4 atom stereocenters. The molecule has 0 spiro atoms. The van der Waals surface area contributed by atoms with Gasteiger partial charge in [-0.15, -0.1) is 23.5 Å². The number of hydrogen-bond acceptors (Lipinski definition) is 8. The zero-order valence-corrected chi connectivity index (χ0v) is 36.7. The van der Waals surface area contributed by atoms with Crippen molar-refractivity contribution < 1.29 is 0 Å². The van der Waals surface area contributed by atoms with Gasteiger partial charge >= 0.3 is 0 Å². The Morgan fingerprint density at radius 2 is 1.02 bits per heavy atom. The number of thioether (sulfide) groups is 2. The summed E-state index contributed by atoms with van der Waals surface area (Å²) in [5, 5.41) is 17.5. The number of nitrogens with one attached hydrogen (secondary N) is 2. The third kappa shape index (κ3) is 7.76. The number of halogens is 2. The normalized spacial score (nSPS) is 19.3. The Labute approximate surface area is 344 Å². The monoisotopic (exact) mass is 884 g/mol. The quantitative estimate of drug-likeness (QED) is 0.181. The van der Waals surface area contributed by atoms with Crippen LogP contribution in [0.5, 0.6) is 0 Å². The van der Waals surface area contributed by atoms with Crippen LogP contribution in [0.4, 0.5) is 11.6 Å². The van der Waals surface area contributed by atoms with Crippen LogP contribution in [0.15, 0.2) is 82.0 Å². The van der Waals surface area contributed by atoms with Gasteiger partial charge in [-0.05, 0) is 111 Å². The van der Waals surface area contributed by atoms with Crippen molar-refractivity contribution in [2.24, 2.45) is 14.1 Å². The van der Waals surface area contributed by atoms with E-state index in [0.717, 1.165) is 54.9 Å². The van der Waals surface area contributed by atoms with Gasteiger partial charge in [0.25, 0.3) is 0 Å². The first-order valence-electron chi connectivity index (χ1n) is 18.2. The standard InChI is InChI=1S/2C21H23BrN4S/c2*1-12-10-16(22)13(2)9-15(12)20-18-19(17-7-5-6-8-23-17)25-26(4)21(18)24-14(3)11-27-20/h2*5-10,14,20,24H,11H2,1-4H3/t14-,20+;14-,20-/m10/s1. The highest BCUT2D eigenvalue weighted by Gasteiger charge is 2.34. The fraction of sp³-hybridized carbons (Fsp3) is 0.333. The fourth-order valence-corrected chi connectivity index (χ4v) is 10.9. The number of benzene rings is 2. The predicted octanol–water partition coefficient (Wildman–Crippen LogP) is 11.0. The summed E-state index contributed by atoms with van der Waals surface area (Å²) >= 11 is 11.3. The molecule has 0 radical (unpaired) electrons. The van der Waals surface area contributed by atoms with E-state index >= 15 is 0 Å². The molecule has 12 heteroatoms. The molecule has 0 saturated carbocycles. The highest BCUT2D eigenvalue weighted by atomic mass is 79.9. The molecule has 2 N–H and O–H groups in total. The van der Waals surface area contributed by atoms with Crippen LogP contribution in [0.25, 0.3) is 22.8 Å². The van der Waals surface area contributed by atoms with Gasteiger partial charge < -0.3 is 10.6 Å². The summed E-state index contributed by atoms with van der Waals surface area (Å²) in [6.45, 7) is 13.1. The van der Waals surface area contributed by atoms with Crippen molar-refractivity contribution in [2.75, 3.05) is 22.1 Å². The molecule has 0 unspecified atom stereocenters. The molecule has 8 nitrogen and oxygen atoms in total. The van der Waals surface area contributed by atoms with E-state index in [0.29, 0.717) is 12.1 Å². The van der Waals surface area contributed by atoms with E-state index in [1.54, 1.807) is 0 Å². The van der Waals surface area contributed by atoms with E-state index in [4.69, 9.17) is 10.2 Å². The largest absolute Gasteiger partial charge is 0.367 e. The van der Waals surface area contributed by atoms with Crippen LogP contribution in [0.1, 0.15) is 68.9 Å². The molecule has 0 amide bonds. The maximum Gasteiger partial charge on any atom is 0.129 e. The first-order valence-corrected chi connectivity index (χ1v) is 21.9. The van der Waals surface area contributed by atoms with Crippen LogP contribution in [0.3, 0.4) is 0 Å². The molecule has 2 aromatic carbocycles. The minimum atomic E-state index is 0.218. The van der Waals surface area contributed by atoms with Gasteiger partial charge in [0.2, 0.25) is 0 Å². The topological polar surface area (TPSA) is 85.5 Å². The van der Waals surface area contributed by atoms with E-state index in [-0.39, 0.29) is 10.5 Å². The molecule has 0 aliphatic carbocycles. The van der Waals surface area contributed by atoms with E-state index in [2.05, 4.69) is 118 Å². The molecule has 0 saturated heterocycles. The predicted molar refractivity (Wildman–Crippen MR) is 235 cm³/mol. The summed E-state index contributed by atoms with van der Waals surface area (Å²) < 4.78 is 6.25. The smallest absolute Gasteiger partial charge is 0.129 e. The van der Waals surface area contributed by atoms with Gasteiger partial charge in [0.15, 0.2) is 0 Å². The molecule has 4 aromatic heterocycles. The maximum absolute atomic E-state index is 4.85. The lowest BCUT2D eigenvalue weighted by molar-refractivity contribution is 0.757. The molecular weight excluding hydrogens is 840 g/mol. The molecule has 6 heterocycles. The molecule has 280 valence electrons. The molecule has 2 aliphatic rings. The second-order valence-electron chi connectivity index (χ2n) is 14.3. The first-order chi connectivity index (χ1) is 25.9. The van der Waals surface area contributed by atoms with Gasteiger partial charge in [-0.25, -0.2) is 0 Å². The molecule has 2 aliphatic heterocycles. The minimum Gasteiger partial charge on any atom is -0.367 e.